The van der Waals surface area contributed by atoms with Crippen LogP contribution in [0.4, 0.5) is 8.78 Å². The highest BCUT2D eigenvalue weighted by molar-refractivity contribution is 5.79. The first-order valence-electron chi connectivity index (χ1n) is 7.25. The summed E-state index contributed by atoms with van der Waals surface area (Å²) in [7, 11) is 0. The minimum atomic E-state index is -3.93. The molecule has 10 nitrogen and oxygen atoms in total. The maximum absolute atomic E-state index is 14.6. The molecule has 0 aromatic carbocycles. The van der Waals surface area contributed by atoms with E-state index in [1.54, 1.807) is 0 Å². The standard InChI is InChI=1S/C13H21F2N3O7/c1-4(20)2-5-7(18-12(16)17)10(14)13(15,11(23)24)25-9(5)8(22)6(21)3-19/h5-10,19,21-22H,2-3H2,1H3,(H,23,24)(H4,16,17,18)/t5-,6-,7+,8-,9?,10?,13-/m1/s1. The summed E-state index contributed by atoms with van der Waals surface area (Å²) in [6.45, 7) is 0.131. The molecule has 1 fully saturated rings. The second kappa shape index (κ2) is 7.99. The molecule has 0 saturated carbocycles. The van der Waals surface area contributed by atoms with E-state index in [0.717, 1.165) is 6.92 Å². The van der Waals surface area contributed by atoms with Crippen LogP contribution in [0.3, 0.4) is 0 Å². The van der Waals surface area contributed by atoms with Crippen LogP contribution < -0.4 is 11.5 Å². The Labute approximate surface area is 141 Å². The quantitative estimate of drug-likeness (QED) is 0.207. The van der Waals surface area contributed by atoms with E-state index in [1.165, 1.54) is 0 Å². The number of carbonyl (C=O) groups excluding carboxylic acids is 1. The largest absolute Gasteiger partial charge is 0.477 e. The number of rotatable bonds is 7. The second-order valence-electron chi connectivity index (χ2n) is 5.79. The number of hydrogen-bond donors (Lipinski definition) is 6. The number of aliphatic carboxylic acids is 1. The monoisotopic (exact) mass is 369 g/mol. The molecule has 0 aromatic heterocycles. The molecular weight excluding hydrogens is 348 g/mol. The van der Waals surface area contributed by atoms with Gasteiger partial charge in [0, 0.05) is 12.3 Å². The van der Waals surface area contributed by atoms with Crippen molar-refractivity contribution in [3.8, 4) is 0 Å². The van der Waals surface area contributed by atoms with Gasteiger partial charge in [0.2, 0.25) is 0 Å². The van der Waals surface area contributed by atoms with Gasteiger partial charge in [0.05, 0.1) is 18.8 Å². The molecule has 0 bridgehead atoms. The highest BCUT2D eigenvalue weighted by Gasteiger charge is 2.63. The molecule has 8 N–H and O–H groups in total. The maximum atomic E-state index is 14.6. The number of Topliss-reactive ketones (excluding diaryl/α,β-unsaturated/α-hetero) is 1. The number of guanidine groups is 1. The molecule has 7 atom stereocenters. The number of ketones is 1. The molecule has 0 spiro atoms. The molecule has 12 heteroatoms. The van der Waals surface area contributed by atoms with Gasteiger partial charge in [-0.05, 0) is 6.92 Å². The Morgan fingerprint density at radius 1 is 1.36 bits per heavy atom. The molecule has 1 aliphatic heterocycles. The van der Waals surface area contributed by atoms with Gasteiger partial charge >= 0.3 is 11.8 Å². The summed E-state index contributed by atoms with van der Waals surface area (Å²) in [5.41, 5.74) is 10.3. The highest BCUT2D eigenvalue weighted by Crippen LogP contribution is 2.41. The van der Waals surface area contributed by atoms with Crippen molar-refractivity contribution < 1.29 is 43.5 Å². The zero-order valence-electron chi connectivity index (χ0n) is 13.2. The summed E-state index contributed by atoms with van der Waals surface area (Å²) < 4.78 is 33.7. The Balaban J connectivity index is 3.44. The molecule has 0 radical (unpaired) electrons. The lowest BCUT2D eigenvalue weighted by atomic mass is 9.78. The van der Waals surface area contributed by atoms with Crippen molar-refractivity contribution in [3.63, 3.8) is 0 Å². The summed E-state index contributed by atoms with van der Waals surface area (Å²) in [4.78, 5) is 26.1. The number of aliphatic hydroxyl groups is 3. The van der Waals surface area contributed by atoms with Crippen molar-refractivity contribution in [2.24, 2.45) is 22.4 Å². The normalized spacial score (nSPS) is 34.8. The van der Waals surface area contributed by atoms with E-state index in [2.05, 4.69) is 9.73 Å². The van der Waals surface area contributed by atoms with Gasteiger partial charge in [-0.2, -0.15) is 4.39 Å². The Morgan fingerprint density at radius 2 is 1.92 bits per heavy atom. The summed E-state index contributed by atoms with van der Waals surface area (Å²) >= 11 is 0. The average Bonchev–Trinajstić information content (AvgIpc) is 2.51. The smallest absolute Gasteiger partial charge is 0.372 e. The van der Waals surface area contributed by atoms with E-state index in [9.17, 15) is 28.6 Å². The number of carboxylic acids is 1. The Morgan fingerprint density at radius 3 is 2.32 bits per heavy atom. The highest BCUT2D eigenvalue weighted by atomic mass is 19.2. The molecule has 0 aromatic rings. The predicted molar refractivity (Wildman–Crippen MR) is 78.7 cm³/mol. The van der Waals surface area contributed by atoms with Gasteiger partial charge in [0.25, 0.3) is 0 Å². The van der Waals surface area contributed by atoms with Gasteiger partial charge in [-0.15, -0.1) is 0 Å². The van der Waals surface area contributed by atoms with Crippen LogP contribution in [-0.4, -0.2) is 81.1 Å². The van der Waals surface area contributed by atoms with Crippen LogP contribution in [0.1, 0.15) is 13.3 Å². The van der Waals surface area contributed by atoms with Gasteiger partial charge in [-0.3, -0.25) is 0 Å². The summed E-state index contributed by atoms with van der Waals surface area (Å²) in [6.07, 6.45) is -9.18. The SMILES string of the molecule is CC(=O)C[C@H]1C([C@H](O)[C@H](O)CO)O[C@@](F)(C(=O)O)C(F)[C@H]1N=C(N)N. The summed E-state index contributed by atoms with van der Waals surface area (Å²) in [6, 6.07) is -1.88. The van der Waals surface area contributed by atoms with Gasteiger partial charge < -0.3 is 41.4 Å². The number of nitrogens with zero attached hydrogens (tertiary/aromatic N) is 1. The zero-order valence-corrected chi connectivity index (χ0v) is 13.2. The minimum Gasteiger partial charge on any atom is -0.477 e. The minimum absolute atomic E-state index is 0.503. The van der Waals surface area contributed by atoms with Crippen molar-refractivity contribution in [1.29, 1.82) is 0 Å². The summed E-state index contributed by atoms with van der Waals surface area (Å²) in [5, 5.41) is 37.5. The van der Waals surface area contributed by atoms with Crippen molar-refractivity contribution >= 4 is 17.7 Å². The molecule has 2 unspecified atom stereocenters. The third-order valence-electron chi connectivity index (χ3n) is 3.85. The van der Waals surface area contributed by atoms with E-state index < -0.39 is 73.0 Å². The van der Waals surface area contributed by atoms with E-state index >= 15 is 0 Å². The number of alkyl halides is 2. The molecule has 0 amide bonds. The van der Waals surface area contributed by atoms with Gasteiger partial charge in [0.15, 0.2) is 12.1 Å². The molecule has 25 heavy (non-hydrogen) atoms. The molecule has 1 heterocycles. The molecule has 0 aliphatic carbocycles. The number of aliphatic hydroxyl groups excluding tert-OH is 3. The van der Waals surface area contributed by atoms with Crippen LogP contribution in [-0.2, 0) is 14.3 Å². The first-order valence-corrected chi connectivity index (χ1v) is 7.25. The van der Waals surface area contributed by atoms with Crippen LogP contribution in [0, 0.1) is 5.92 Å². The zero-order chi connectivity index (χ0) is 19.5. The third-order valence-corrected chi connectivity index (χ3v) is 3.85. The fraction of sp³-hybridized carbons (Fsp3) is 0.769. The molecule has 1 rings (SSSR count). The van der Waals surface area contributed by atoms with Crippen molar-refractivity contribution in [1.82, 2.24) is 0 Å². The number of hydrogen-bond acceptors (Lipinski definition) is 7. The lowest BCUT2D eigenvalue weighted by Crippen LogP contribution is -2.65. The van der Waals surface area contributed by atoms with Gasteiger partial charge in [-0.1, -0.05) is 0 Å². The number of halogens is 2. The van der Waals surface area contributed by atoms with Gasteiger partial charge in [-0.25, -0.2) is 14.2 Å². The van der Waals surface area contributed by atoms with Crippen molar-refractivity contribution in [3.05, 3.63) is 0 Å². The number of carboxylic acid groups (broad SMARTS) is 1. The number of nitrogens with two attached hydrogens (primary N) is 2. The van der Waals surface area contributed by atoms with Gasteiger partial charge in [0.1, 0.15) is 18.0 Å². The molecule has 1 saturated heterocycles. The van der Waals surface area contributed by atoms with E-state index in [0.29, 0.717) is 0 Å². The molecular formula is C13H21F2N3O7. The molecule has 144 valence electrons. The van der Waals surface area contributed by atoms with Crippen LogP contribution in [0.25, 0.3) is 0 Å². The lowest BCUT2D eigenvalue weighted by Gasteiger charge is -2.45. The van der Waals surface area contributed by atoms with Crippen molar-refractivity contribution in [2.45, 2.75) is 49.7 Å². The number of ether oxygens (including phenoxy) is 1. The average molecular weight is 369 g/mol. The van der Waals surface area contributed by atoms with Crippen LogP contribution >= 0.6 is 0 Å². The Kier molecular flexibility index (Phi) is 6.76. The number of aliphatic imine (C=N–C) groups is 1. The lowest BCUT2D eigenvalue weighted by molar-refractivity contribution is -0.284. The van der Waals surface area contributed by atoms with Crippen molar-refractivity contribution in [2.75, 3.05) is 6.61 Å². The van der Waals surface area contributed by atoms with Crippen LogP contribution in [0.2, 0.25) is 0 Å². The van der Waals surface area contributed by atoms with E-state index in [1.807, 2.05) is 0 Å². The fourth-order valence-electron chi connectivity index (χ4n) is 2.70. The second-order valence-corrected chi connectivity index (χ2v) is 5.79. The van der Waals surface area contributed by atoms with Crippen LogP contribution in [0.15, 0.2) is 4.99 Å². The Bertz CT molecular complexity index is 546. The predicted octanol–water partition coefficient (Wildman–Crippen LogP) is -2.57. The Hall–Kier alpha value is -1.89. The first-order chi connectivity index (χ1) is 11.5. The number of carbonyl (C=O) groups is 2. The third kappa shape index (κ3) is 4.39. The summed E-state index contributed by atoms with van der Waals surface area (Å²) in [5.74, 6) is -8.90. The van der Waals surface area contributed by atoms with Crippen LogP contribution in [0.5, 0.6) is 0 Å². The maximum Gasteiger partial charge on any atom is 0.372 e. The molecule has 1 aliphatic rings. The van der Waals surface area contributed by atoms with E-state index in [4.69, 9.17) is 21.7 Å². The van der Waals surface area contributed by atoms with E-state index in [-0.39, 0.29) is 0 Å². The fourth-order valence-corrected chi connectivity index (χ4v) is 2.70. The first kappa shape index (κ1) is 21.2. The topological polar surface area (TPSA) is 189 Å².